The Labute approximate surface area is 195 Å². The van der Waals surface area contributed by atoms with Crippen LogP contribution in [0.4, 0.5) is 5.00 Å². The molecule has 0 aliphatic carbocycles. The third kappa shape index (κ3) is 3.80. The number of aromatic nitrogens is 2. The zero-order chi connectivity index (χ0) is 22.3. The molecule has 5 rings (SSSR count). The highest BCUT2D eigenvalue weighted by Gasteiger charge is 2.31. The number of anilines is 1. The number of nitrogens with zero attached hydrogens (tertiary/aromatic N) is 4. The summed E-state index contributed by atoms with van der Waals surface area (Å²) < 4.78 is 29.4. The highest BCUT2D eigenvalue weighted by Crippen LogP contribution is 2.36. The van der Waals surface area contributed by atoms with Crippen molar-refractivity contribution in [1.29, 1.82) is 0 Å². The number of aryl methyl sites for hydroxylation is 1. The van der Waals surface area contributed by atoms with Gasteiger partial charge in [-0.15, -0.1) is 17.8 Å². The Balaban J connectivity index is 1.33. The van der Waals surface area contributed by atoms with E-state index in [2.05, 4.69) is 15.8 Å². The molecule has 4 aromatic rings. The minimum atomic E-state index is -3.54. The van der Waals surface area contributed by atoms with Crippen LogP contribution in [-0.2, 0) is 10.0 Å². The van der Waals surface area contributed by atoms with Crippen LogP contribution in [0.5, 0.6) is 0 Å². The molecular weight excluding hydrogens is 460 g/mol. The average molecular weight is 481 g/mol. The minimum Gasteiger partial charge on any atom is -0.359 e. The molecule has 0 bridgehead atoms. The normalized spacial score (nSPS) is 15.2. The van der Waals surface area contributed by atoms with Crippen molar-refractivity contribution in [1.82, 2.24) is 14.3 Å². The molecule has 4 heterocycles. The molecule has 0 spiro atoms. The van der Waals surface area contributed by atoms with E-state index in [-0.39, 0.29) is 0 Å². The highest BCUT2D eigenvalue weighted by molar-refractivity contribution is 7.91. The van der Waals surface area contributed by atoms with E-state index in [0.29, 0.717) is 30.4 Å². The second-order valence-electron chi connectivity index (χ2n) is 7.50. The van der Waals surface area contributed by atoms with Crippen LogP contribution in [0, 0.1) is 19.3 Å². The summed E-state index contributed by atoms with van der Waals surface area (Å²) in [5.74, 6) is 2.60. The van der Waals surface area contributed by atoms with E-state index >= 15 is 0 Å². The van der Waals surface area contributed by atoms with Crippen molar-refractivity contribution in [3.63, 3.8) is 0 Å². The van der Waals surface area contributed by atoms with Gasteiger partial charge in [0.15, 0.2) is 0 Å². The number of pyridine rings is 1. The SMILES string of the molecule is C#Cc1ccc2cc(S(=O)(=O)N3CCN(c4sc(-c5ccncc5)nc4C)CC3)sc2c1. The fourth-order valence-corrected chi connectivity index (χ4v) is 7.92. The molecule has 1 fully saturated rings. The molecule has 0 unspecified atom stereocenters. The van der Waals surface area contributed by atoms with Crippen molar-refractivity contribution in [2.75, 3.05) is 31.1 Å². The number of sulfonamides is 1. The Morgan fingerprint density at radius 2 is 1.78 bits per heavy atom. The van der Waals surface area contributed by atoms with E-state index in [1.54, 1.807) is 34.1 Å². The number of hydrogen-bond donors (Lipinski definition) is 0. The van der Waals surface area contributed by atoms with Crippen molar-refractivity contribution < 1.29 is 8.42 Å². The summed E-state index contributed by atoms with van der Waals surface area (Å²) in [6.07, 6.45) is 8.99. The summed E-state index contributed by atoms with van der Waals surface area (Å²) in [6, 6.07) is 11.2. The van der Waals surface area contributed by atoms with E-state index in [0.717, 1.165) is 36.9 Å². The zero-order valence-corrected chi connectivity index (χ0v) is 19.8. The van der Waals surface area contributed by atoms with E-state index in [4.69, 9.17) is 11.4 Å². The van der Waals surface area contributed by atoms with Crippen molar-refractivity contribution >= 4 is 47.8 Å². The van der Waals surface area contributed by atoms with E-state index in [1.165, 1.54) is 11.3 Å². The van der Waals surface area contributed by atoms with Crippen molar-refractivity contribution in [3.8, 4) is 22.9 Å². The van der Waals surface area contributed by atoms with Gasteiger partial charge in [0.25, 0.3) is 10.0 Å². The number of piperazine rings is 1. The molecular formula is C23H20N4O2S3. The van der Waals surface area contributed by atoms with Gasteiger partial charge in [-0.05, 0) is 42.6 Å². The molecule has 0 N–H and O–H groups in total. The fraction of sp³-hybridized carbons (Fsp3) is 0.217. The summed E-state index contributed by atoms with van der Waals surface area (Å²) in [4.78, 5) is 11.0. The van der Waals surface area contributed by atoms with E-state index in [1.807, 2.05) is 37.3 Å². The number of fused-ring (bicyclic) bond motifs is 1. The summed E-state index contributed by atoms with van der Waals surface area (Å²) >= 11 is 2.91. The zero-order valence-electron chi connectivity index (χ0n) is 17.4. The number of rotatable bonds is 4. The Morgan fingerprint density at radius 3 is 2.50 bits per heavy atom. The molecule has 0 atom stereocenters. The van der Waals surface area contributed by atoms with Gasteiger partial charge >= 0.3 is 0 Å². The maximum atomic E-state index is 13.3. The predicted molar refractivity (Wildman–Crippen MR) is 131 cm³/mol. The van der Waals surface area contributed by atoms with Crippen molar-refractivity contribution in [3.05, 3.63) is 60.0 Å². The van der Waals surface area contributed by atoms with Gasteiger partial charge < -0.3 is 4.90 Å². The van der Waals surface area contributed by atoms with Crippen LogP contribution in [-0.4, -0.2) is 48.9 Å². The Bertz CT molecular complexity index is 1430. The largest absolute Gasteiger partial charge is 0.359 e. The van der Waals surface area contributed by atoms with Gasteiger partial charge in [-0.1, -0.05) is 23.3 Å². The lowest BCUT2D eigenvalue weighted by molar-refractivity contribution is 0.386. The molecule has 3 aromatic heterocycles. The van der Waals surface area contributed by atoms with Gasteiger partial charge in [0.2, 0.25) is 0 Å². The molecule has 6 nitrogen and oxygen atoms in total. The van der Waals surface area contributed by atoms with Gasteiger partial charge in [-0.2, -0.15) is 4.31 Å². The quantitative estimate of drug-likeness (QED) is 0.409. The minimum absolute atomic E-state index is 0.365. The standard InChI is InChI=1S/C23H20N4O2S3/c1-3-17-4-5-19-15-21(30-20(19)14-17)32(28,29)27-12-10-26(11-13-27)23-16(2)25-22(31-23)18-6-8-24-9-7-18/h1,4-9,14-15H,10-13H2,2H3. The van der Waals surface area contributed by atoms with Crippen molar-refractivity contribution in [2.24, 2.45) is 0 Å². The first-order chi connectivity index (χ1) is 15.5. The molecule has 9 heteroatoms. The molecule has 1 aliphatic heterocycles. The number of thiophene rings is 1. The van der Waals surface area contributed by atoms with Gasteiger partial charge in [0.1, 0.15) is 14.2 Å². The highest BCUT2D eigenvalue weighted by atomic mass is 32.2. The molecule has 0 amide bonds. The first-order valence-electron chi connectivity index (χ1n) is 10.1. The van der Waals surface area contributed by atoms with Crippen LogP contribution < -0.4 is 4.90 Å². The summed E-state index contributed by atoms with van der Waals surface area (Å²) in [7, 11) is -3.54. The molecule has 0 saturated carbocycles. The monoisotopic (exact) mass is 480 g/mol. The lowest BCUT2D eigenvalue weighted by Crippen LogP contribution is -2.48. The third-order valence-corrected chi connectivity index (χ3v) is 10.2. The number of benzene rings is 1. The summed E-state index contributed by atoms with van der Waals surface area (Å²) in [5, 5.41) is 2.94. The molecule has 32 heavy (non-hydrogen) atoms. The Hall–Kier alpha value is -2.77. The van der Waals surface area contributed by atoms with Crippen LogP contribution in [0.3, 0.4) is 0 Å². The summed E-state index contributed by atoms with van der Waals surface area (Å²) in [5.41, 5.74) is 2.76. The molecule has 1 saturated heterocycles. The van der Waals surface area contributed by atoms with E-state index < -0.39 is 10.0 Å². The number of thiazole rings is 1. The third-order valence-electron chi connectivity index (χ3n) is 5.48. The first-order valence-corrected chi connectivity index (χ1v) is 13.2. The van der Waals surface area contributed by atoms with Crippen LogP contribution in [0.2, 0.25) is 0 Å². The topological polar surface area (TPSA) is 66.4 Å². The van der Waals surface area contributed by atoms with Gasteiger partial charge in [0.05, 0.1) is 5.69 Å². The number of terminal acetylenes is 1. The maximum absolute atomic E-state index is 13.3. The summed E-state index contributed by atoms with van der Waals surface area (Å²) in [6.45, 7) is 4.14. The molecule has 1 aliphatic rings. The van der Waals surface area contributed by atoms with Gasteiger partial charge in [0, 0.05) is 54.4 Å². The Morgan fingerprint density at radius 1 is 1.03 bits per heavy atom. The first kappa shape index (κ1) is 21.1. The number of hydrogen-bond acceptors (Lipinski definition) is 7. The van der Waals surface area contributed by atoms with Crippen LogP contribution >= 0.6 is 22.7 Å². The van der Waals surface area contributed by atoms with Crippen LogP contribution in [0.1, 0.15) is 11.3 Å². The Kier molecular flexibility index (Phi) is 5.47. The maximum Gasteiger partial charge on any atom is 0.252 e. The lowest BCUT2D eigenvalue weighted by atomic mass is 10.2. The lowest BCUT2D eigenvalue weighted by Gasteiger charge is -2.34. The molecule has 0 radical (unpaired) electrons. The van der Waals surface area contributed by atoms with E-state index in [9.17, 15) is 8.42 Å². The van der Waals surface area contributed by atoms with Gasteiger partial charge in [-0.3, -0.25) is 4.98 Å². The van der Waals surface area contributed by atoms with Crippen molar-refractivity contribution in [2.45, 2.75) is 11.1 Å². The molecule has 1 aromatic carbocycles. The van der Waals surface area contributed by atoms with Crippen LogP contribution in [0.25, 0.3) is 20.7 Å². The fourth-order valence-electron chi connectivity index (χ4n) is 3.78. The smallest absolute Gasteiger partial charge is 0.252 e. The second-order valence-corrected chi connectivity index (χ2v) is 11.7. The predicted octanol–water partition coefficient (Wildman–Crippen LogP) is 4.22. The molecule has 162 valence electrons. The second kappa shape index (κ2) is 8.30. The van der Waals surface area contributed by atoms with Crippen LogP contribution in [0.15, 0.2) is 53.0 Å². The average Bonchev–Trinajstić information content (AvgIpc) is 3.43. The van der Waals surface area contributed by atoms with Gasteiger partial charge in [-0.25, -0.2) is 13.4 Å².